The van der Waals surface area contributed by atoms with Gasteiger partial charge in [0, 0.05) is 23.3 Å². The summed E-state index contributed by atoms with van der Waals surface area (Å²) in [5.41, 5.74) is -0.711. The van der Waals surface area contributed by atoms with Gasteiger partial charge in [0.25, 0.3) is 0 Å². The first-order valence-corrected chi connectivity index (χ1v) is 15.3. The zero-order valence-corrected chi connectivity index (χ0v) is 26.2. The van der Waals surface area contributed by atoms with Crippen LogP contribution < -0.4 is 10.2 Å². The van der Waals surface area contributed by atoms with Gasteiger partial charge in [0.05, 0.1) is 12.7 Å². The van der Waals surface area contributed by atoms with E-state index in [0.717, 1.165) is 24.3 Å². The molecule has 48 heavy (non-hydrogen) atoms. The fraction of sp³-hybridized carbons (Fsp3) is 0.531. The fourth-order valence-corrected chi connectivity index (χ4v) is 5.73. The predicted octanol–water partition coefficient (Wildman–Crippen LogP) is -0.0985. The van der Waals surface area contributed by atoms with E-state index >= 15 is 0 Å². The Morgan fingerprint density at radius 1 is 0.833 bits per heavy atom. The highest BCUT2D eigenvalue weighted by atomic mass is 16.8. The Morgan fingerprint density at radius 2 is 1.50 bits per heavy atom. The van der Waals surface area contributed by atoms with E-state index in [-0.39, 0.29) is 45.9 Å². The number of benzene rings is 2. The summed E-state index contributed by atoms with van der Waals surface area (Å²) in [5.74, 6) is -2.86. The van der Waals surface area contributed by atoms with Crippen LogP contribution in [-0.2, 0) is 20.6 Å². The molecule has 3 heterocycles. The van der Waals surface area contributed by atoms with Crippen LogP contribution in [0, 0.1) is 5.92 Å². The van der Waals surface area contributed by atoms with Gasteiger partial charge in [0.2, 0.25) is 6.29 Å². The quantitative estimate of drug-likeness (QED) is 0.132. The van der Waals surface area contributed by atoms with Crippen molar-refractivity contribution in [1.29, 1.82) is 0 Å². The Kier molecular flexibility index (Phi) is 10.4. The van der Waals surface area contributed by atoms with Crippen molar-refractivity contribution in [2.45, 2.75) is 95.0 Å². The Morgan fingerprint density at radius 3 is 2.12 bits per heavy atom. The first-order chi connectivity index (χ1) is 22.6. The molecular formula is C32H40O16. The lowest BCUT2D eigenvalue weighted by molar-refractivity contribution is -0.354. The van der Waals surface area contributed by atoms with Crippen LogP contribution >= 0.6 is 0 Å². The van der Waals surface area contributed by atoms with Crippen LogP contribution in [-0.4, -0.2) is 119 Å². The van der Waals surface area contributed by atoms with Gasteiger partial charge in [-0.15, -0.1) is 0 Å². The van der Waals surface area contributed by atoms with Crippen LogP contribution in [0.15, 0.2) is 33.5 Å². The van der Waals surface area contributed by atoms with E-state index in [2.05, 4.69) is 0 Å². The molecule has 0 saturated carbocycles. The predicted molar refractivity (Wildman–Crippen MR) is 163 cm³/mol. The molecule has 0 radical (unpaired) electrons. The Hall–Kier alpha value is -3.71. The number of phenolic OH excluding ortho intramolecular Hbond substituents is 4. The second kappa shape index (κ2) is 14.0. The Bertz CT molecular complexity index is 1650. The van der Waals surface area contributed by atoms with Gasteiger partial charge < -0.3 is 74.4 Å². The summed E-state index contributed by atoms with van der Waals surface area (Å²) in [6, 6.07) is 4.36. The Labute approximate surface area is 273 Å². The van der Waals surface area contributed by atoms with Crippen molar-refractivity contribution in [2.75, 3.05) is 6.61 Å². The molecular weight excluding hydrogens is 640 g/mol. The summed E-state index contributed by atoms with van der Waals surface area (Å²) in [6.07, 6.45) is -15.5. The molecule has 0 spiro atoms. The van der Waals surface area contributed by atoms with Gasteiger partial charge in [0.15, 0.2) is 35.1 Å². The number of hydrogen-bond acceptors (Lipinski definition) is 16. The fourth-order valence-electron chi connectivity index (χ4n) is 5.73. The van der Waals surface area contributed by atoms with Crippen LogP contribution in [0.25, 0.3) is 22.3 Å². The van der Waals surface area contributed by atoms with Crippen LogP contribution in [0.1, 0.15) is 32.8 Å². The van der Waals surface area contributed by atoms with Crippen molar-refractivity contribution < 1.29 is 74.4 Å². The second-order valence-electron chi connectivity index (χ2n) is 12.5. The summed E-state index contributed by atoms with van der Waals surface area (Å²) in [4.78, 5) is 14.2. The van der Waals surface area contributed by atoms with Gasteiger partial charge in [-0.1, -0.05) is 13.8 Å². The van der Waals surface area contributed by atoms with Gasteiger partial charge in [0.1, 0.15) is 64.9 Å². The van der Waals surface area contributed by atoms with Crippen LogP contribution in [0.5, 0.6) is 28.7 Å². The monoisotopic (exact) mass is 680 g/mol. The van der Waals surface area contributed by atoms with Crippen LogP contribution in [0.3, 0.4) is 0 Å². The molecule has 0 amide bonds. The molecule has 1 aromatic heterocycles. The summed E-state index contributed by atoms with van der Waals surface area (Å²) < 4.78 is 29.0. The largest absolute Gasteiger partial charge is 0.508 e. The first kappa shape index (κ1) is 35.6. The molecule has 10 atom stereocenters. The minimum atomic E-state index is -1.85. The molecule has 16 nitrogen and oxygen atoms in total. The number of aliphatic hydroxyl groups is 6. The number of rotatable bonds is 9. The van der Waals surface area contributed by atoms with E-state index in [9.17, 15) is 55.9 Å². The SMILES string of the molecule is CC(C)CCc1c(-c2cc(O)c(O)c(O)c2)oc2cc(O)cc(O[C@@H]3O[C@H](CO)[C@@H](O)[C@H](O)[C@H]3O[C@@H]3O[C@@H](C)[C@H](O)[C@@H](O)[C@H]3O)c2c1=O. The third-order valence-corrected chi connectivity index (χ3v) is 8.51. The zero-order chi connectivity index (χ0) is 35.2. The highest BCUT2D eigenvalue weighted by molar-refractivity contribution is 5.88. The molecule has 264 valence electrons. The second-order valence-corrected chi connectivity index (χ2v) is 12.5. The van der Waals surface area contributed by atoms with Gasteiger partial charge in [-0.05, 0) is 37.8 Å². The molecule has 0 unspecified atom stereocenters. The lowest BCUT2D eigenvalue weighted by atomic mass is 9.96. The average Bonchev–Trinajstić information content (AvgIpc) is 3.03. The number of ether oxygens (including phenoxy) is 4. The molecule has 2 saturated heterocycles. The molecule has 5 rings (SSSR count). The third kappa shape index (κ3) is 6.76. The van der Waals surface area contributed by atoms with Gasteiger partial charge in [-0.25, -0.2) is 0 Å². The van der Waals surface area contributed by atoms with E-state index in [4.69, 9.17) is 23.4 Å². The topological polar surface area (TPSA) is 269 Å². The minimum absolute atomic E-state index is 0.0471. The van der Waals surface area contributed by atoms with E-state index < -0.39 is 96.4 Å². The van der Waals surface area contributed by atoms with Gasteiger partial charge in [-0.3, -0.25) is 4.79 Å². The number of fused-ring (bicyclic) bond motifs is 1. The highest BCUT2D eigenvalue weighted by Gasteiger charge is 2.51. The molecule has 16 heteroatoms. The van der Waals surface area contributed by atoms with Crippen molar-refractivity contribution in [2.24, 2.45) is 5.92 Å². The molecule has 10 N–H and O–H groups in total. The van der Waals surface area contributed by atoms with Crippen LogP contribution in [0.4, 0.5) is 0 Å². The smallest absolute Gasteiger partial charge is 0.229 e. The molecule has 2 aromatic carbocycles. The number of hydrogen-bond donors (Lipinski definition) is 10. The average molecular weight is 681 g/mol. The van der Waals surface area contributed by atoms with Crippen molar-refractivity contribution in [3.05, 3.63) is 40.1 Å². The molecule has 3 aromatic rings. The molecule has 2 aliphatic rings. The van der Waals surface area contributed by atoms with Gasteiger partial charge >= 0.3 is 0 Å². The number of aliphatic hydroxyl groups excluding tert-OH is 6. The van der Waals surface area contributed by atoms with Crippen molar-refractivity contribution in [3.8, 4) is 40.1 Å². The maximum atomic E-state index is 14.2. The highest BCUT2D eigenvalue weighted by Crippen LogP contribution is 2.42. The minimum Gasteiger partial charge on any atom is -0.508 e. The molecule has 2 aliphatic heterocycles. The number of aromatic hydroxyl groups is 4. The molecule has 0 aliphatic carbocycles. The molecule has 0 bridgehead atoms. The van der Waals surface area contributed by atoms with E-state index in [0.29, 0.717) is 6.42 Å². The van der Waals surface area contributed by atoms with E-state index in [1.807, 2.05) is 13.8 Å². The third-order valence-electron chi connectivity index (χ3n) is 8.51. The number of phenols is 4. The molecule has 2 fully saturated rings. The standard InChI is InChI=1S/C32H40O16/c1-11(2)4-5-15-23(38)21-18(45-29(15)13-6-16(35)24(39)17(36)7-13)8-14(34)9-19(21)46-32-30(27(42)25(40)20(10-33)47-32)48-31-28(43)26(41)22(37)12(3)44-31/h6-9,11-12,20,22,25-28,30-37,39-43H,4-5,10H2,1-3H3/t12-,20+,22-,25+,26+,27-,28+,30+,31-,32+/m0/s1. The maximum absolute atomic E-state index is 14.2. The summed E-state index contributed by atoms with van der Waals surface area (Å²) in [6.45, 7) is 4.47. The maximum Gasteiger partial charge on any atom is 0.229 e. The summed E-state index contributed by atoms with van der Waals surface area (Å²) in [7, 11) is 0. The van der Waals surface area contributed by atoms with E-state index in [1.54, 1.807) is 0 Å². The lowest BCUT2D eigenvalue weighted by Gasteiger charge is -2.45. The van der Waals surface area contributed by atoms with Crippen LogP contribution in [0.2, 0.25) is 0 Å². The first-order valence-electron chi connectivity index (χ1n) is 15.3. The van der Waals surface area contributed by atoms with Crippen molar-refractivity contribution >= 4 is 11.0 Å². The summed E-state index contributed by atoms with van der Waals surface area (Å²) in [5, 5.41) is 103. The zero-order valence-electron chi connectivity index (χ0n) is 26.2. The Balaban J connectivity index is 1.61. The van der Waals surface area contributed by atoms with Crippen molar-refractivity contribution in [3.63, 3.8) is 0 Å². The van der Waals surface area contributed by atoms with E-state index in [1.165, 1.54) is 6.92 Å². The van der Waals surface area contributed by atoms with Gasteiger partial charge in [-0.2, -0.15) is 0 Å². The lowest BCUT2D eigenvalue weighted by Crippen LogP contribution is -2.64. The summed E-state index contributed by atoms with van der Waals surface area (Å²) >= 11 is 0. The van der Waals surface area contributed by atoms with Crippen molar-refractivity contribution in [1.82, 2.24) is 0 Å². The normalized spacial score (nSPS) is 31.0.